The van der Waals surface area contributed by atoms with E-state index in [0.717, 1.165) is 49.4 Å². The van der Waals surface area contributed by atoms with E-state index in [1.54, 1.807) is 0 Å². The minimum atomic E-state index is 0.000674. The number of carbonyl (C=O) groups is 1. The average Bonchev–Trinajstić information content (AvgIpc) is 3.55. The maximum absolute atomic E-state index is 11.5. The zero-order valence-corrected chi connectivity index (χ0v) is 20.3. The Morgan fingerprint density at radius 1 is 1.03 bits per heavy atom. The Morgan fingerprint density at radius 3 is 2.91 bits per heavy atom. The topological polar surface area (TPSA) is 81.1 Å². The Bertz CT molecular complexity index is 1100. The lowest BCUT2D eigenvalue weighted by atomic mass is 10.0. The number of hydrogen-bond donors (Lipinski definition) is 2. The van der Waals surface area contributed by atoms with Crippen molar-refractivity contribution in [3.05, 3.63) is 54.4 Å². The van der Waals surface area contributed by atoms with Gasteiger partial charge in [0, 0.05) is 29.1 Å². The summed E-state index contributed by atoms with van der Waals surface area (Å²) >= 11 is 1.99. The van der Waals surface area contributed by atoms with Crippen molar-refractivity contribution in [2.75, 3.05) is 12.4 Å². The van der Waals surface area contributed by atoms with Gasteiger partial charge in [0.2, 0.25) is 0 Å². The Balaban J connectivity index is 0.949. The molecule has 5 rings (SSSR count). The summed E-state index contributed by atoms with van der Waals surface area (Å²) in [4.78, 5) is 11.5. The lowest BCUT2D eigenvalue weighted by Crippen LogP contribution is -2.36. The van der Waals surface area contributed by atoms with Gasteiger partial charge >= 0.3 is 6.03 Å². The van der Waals surface area contributed by atoms with Gasteiger partial charge in [-0.1, -0.05) is 54.5 Å². The third-order valence-corrected chi connectivity index (χ3v) is 8.24. The second-order valence-corrected chi connectivity index (χ2v) is 10.5. The first-order valence-corrected chi connectivity index (χ1v) is 13.5. The SMILES string of the molecule is O=C1NC2CS[C@@H](CCCCCc3cn(CCCCOc4cccc5ccccc45)nn3)C2N1. The summed E-state index contributed by atoms with van der Waals surface area (Å²) in [7, 11) is 0. The van der Waals surface area contributed by atoms with E-state index < -0.39 is 0 Å². The van der Waals surface area contributed by atoms with Gasteiger partial charge in [-0.25, -0.2) is 4.79 Å². The summed E-state index contributed by atoms with van der Waals surface area (Å²) in [6.45, 7) is 1.57. The van der Waals surface area contributed by atoms with Crippen molar-refractivity contribution in [1.82, 2.24) is 25.6 Å². The Labute approximate surface area is 205 Å². The molecule has 1 aromatic heterocycles. The van der Waals surface area contributed by atoms with E-state index >= 15 is 0 Å². The number of rotatable bonds is 12. The van der Waals surface area contributed by atoms with Crippen LogP contribution in [0.5, 0.6) is 5.75 Å². The standard InChI is InChI=1S/C26H33N5O2S/c32-26-27-22-18-34-24(25(22)28-26)14-3-1-2-11-20-17-31(30-29-20)15-6-7-16-33-23-13-8-10-19-9-4-5-12-21(19)23/h4-5,8-10,12-13,17,22,24-25H,1-3,6-7,11,14-16,18H2,(H2,27,28,32)/t22?,24-,25?/m0/s1. The zero-order valence-electron chi connectivity index (χ0n) is 19.5. The van der Waals surface area contributed by atoms with Gasteiger partial charge in [0.15, 0.2) is 0 Å². The molecule has 2 amide bonds. The maximum atomic E-state index is 11.5. The van der Waals surface area contributed by atoms with E-state index in [4.69, 9.17) is 4.74 Å². The molecule has 2 unspecified atom stereocenters. The molecule has 2 aliphatic rings. The largest absolute Gasteiger partial charge is 0.493 e. The first kappa shape index (κ1) is 23.0. The number of carbonyl (C=O) groups excluding carboxylic acids is 1. The Morgan fingerprint density at radius 2 is 1.94 bits per heavy atom. The van der Waals surface area contributed by atoms with E-state index in [2.05, 4.69) is 57.5 Å². The van der Waals surface area contributed by atoms with Crippen molar-refractivity contribution in [3.63, 3.8) is 0 Å². The number of thioether (sulfide) groups is 1. The van der Waals surface area contributed by atoms with Crippen LogP contribution >= 0.6 is 11.8 Å². The summed E-state index contributed by atoms with van der Waals surface area (Å²) in [5, 5.41) is 17.7. The molecule has 0 spiro atoms. The molecule has 2 aliphatic heterocycles. The highest BCUT2D eigenvalue weighted by Crippen LogP contribution is 2.33. The zero-order chi connectivity index (χ0) is 23.2. The number of nitrogens with one attached hydrogen (secondary N) is 2. The molecule has 0 saturated carbocycles. The molecule has 0 radical (unpaired) electrons. The lowest BCUT2D eigenvalue weighted by molar-refractivity contribution is 0.247. The van der Waals surface area contributed by atoms with Crippen molar-refractivity contribution >= 4 is 28.6 Å². The second-order valence-electron chi connectivity index (χ2n) is 9.23. The van der Waals surface area contributed by atoms with Crippen LogP contribution in [0.25, 0.3) is 10.8 Å². The molecule has 2 N–H and O–H groups in total. The molecular weight excluding hydrogens is 446 g/mol. The van der Waals surface area contributed by atoms with Gasteiger partial charge in [-0.05, 0) is 43.6 Å². The molecule has 2 aromatic carbocycles. The van der Waals surface area contributed by atoms with Gasteiger partial charge in [0.1, 0.15) is 5.75 Å². The molecule has 3 atom stereocenters. The number of aromatic nitrogens is 3. The summed E-state index contributed by atoms with van der Waals surface area (Å²) in [6, 6.07) is 15.2. The van der Waals surface area contributed by atoms with Gasteiger partial charge in [-0.3, -0.25) is 4.68 Å². The number of amides is 2. The molecule has 2 fully saturated rings. The summed E-state index contributed by atoms with van der Waals surface area (Å²) in [6.07, 6.45) is 9.75. The molecule has 180 valence electrons. The van der Waals surface area contributed by atoms with Crippen molar-refractivity contribution < 1.29 is 9.53 Å². The highest BCUT2D eigenvalue weighted by Gasteiger charge is 2.42. The number of ether oxygens (including phenoxy) is 1. The fraction of sp³-hybridized carbons (Fsp3) is 0.500. The lowest BCUT2D eigenvalue weighted by Gasteiger charge is -2.16. The van der Waals surface area contributed by atoms with Crippen LogP contribution in [0.15, 0.2) is 48.7 Å². The van der Waals surface area contributed by atoms with Crippen LogP contribution < -0.4 is 15.4 Å². The van der Waals surface area contributed by atoms with E-state index in [9.17, 15) is 4.79 Å². The van der Waals surface area contributed by atoms with Crippen molar-refractivity contribution in [2.45, 2.75) is 68.8 Å². The Kier molecular flexibility index (Phi) is 7.53. The predicted molar refractivity (Wildman–Crippen MR) is 136 cm³/mol. The smallest absolute Gasteiger partial charge is 0.315 e. The summed E-state index contributed by atoms with van der Waals surface area (Å²) in [5.41, 5.74) is 1.08. The van der Waals surface area contributed by atoms with Crippen LogP contribution in [0, 0.1) is 0 Å². The third-order valence-electron chi connectivity index (χ3n) is 6.73. The molecule has 0 bridgehead atoms. The van der Waals surface area contributed by atoms with Crippen LogP contribution in [0.4, 0.5) is 4.79 Å². The third kappa shape index (κ3) is 5.66. The molecule has 8 heteroatoms. The van der Waals surface area contributed by atoms with Crippen molar-refractivity contribution in [3.8, 4) is 5.75 Å². The monoisotopic (exact) mass is 479 g/mol. The number of urea groups is 1. The predicted octanol–water partition coefficient (Wildman–Crippen LogP) is 4.56. The van der Waals surface area contributed by atoms with E-state index in [1.165, 1.54) is 30.0 Å². The molecular formula is C26H33N5O2S. The van der Waals surface area contributed by atoms with Crippen LogP contribution in [-0.2, 0) is 13.0 Å². The molecule has 7 nitrogen and oxygen atoms in total. The van der Waals surface area contributed by atoms with Crippen LogP contribution in [-0.4, -0.2) is 50.7 Å². The highest BCUT2D eigenvalue weighted by molar-refractivity contribution is 8.00. The number of benzene rings is 2. The van der Waals surface area contributed by atoms with Crippen LogP contribution in [0.1, 0.15) is 44.2 Å². The molecule has 3 aromatic rings. The summed E-state index contributed by atoms with van der Waals surface area (Å²) < 4.78 is 7.99. The molecule has 0 aliphatic carbocycles. The van der Waals surface area contributed by atoms with E-state index in [0.29, 0.717) is 23.9 Å². The van der Waals surface area contributed by atoms with Gasteiger partial charge in [0.25, 0.3) is 0 Å². The van der Waals surface area contributed by atoms with Gasteiger partial charge < -0.3 is 15.4 Å². The van der Waals surface area contributed by atoms with Gasteiger partial charge in [-0.15, -0.1) is 5.10 Å². The minimum absolute atomic E-state index is 0.000674. The van der Waals surface area contributed by atoms with Crippen molar-refractivity contribution in [1.29, 1.82) is 0 Å². The van der Waals surface area contributed by atoms with Crippen LogP contribution in [0.3, 0.4) is 0 Å². The number of nitrogens with zero attached hydrogens (tertiary/aromatic N) is 3. The van der Waals surface area contributed by atoms with Gasteiger partial charge in [0.05, 0.1) is 24.4 Å². The fourth-order valence-electron chi connectivity index (χ4n) is 4.91. The Hall–Kier alpha value is -2.74. The van der Waals surface area contributed by atoms with E-state index in [-0.39, 0.29) is 6.03 Å². The molecule has 3 heterocycles. The average molecular weight is 480 g/mol. The van der Waals surface area contributed by atoms with Crippen LogP contribution in [0.2, 0.25) is 0 Å². The minimum Gasteiger partial charge on any atom is -0.493 e. The number of unbranched alkanes of at least 4 members (excludes halogenated alkanes) is 3. The first-order chi connectivity index (χ1) is 16.8. The summed E-state index contributed by atoms with van der Waals surface area (Å²) in [5.74, 6) is 1.99. The molecule has 34 heavy (non-hydrogen) atoms. The number of fused-ring (bicyclic) bond motifs is 2. The number of hydrogen-bond acceptors (Lipinski definition) is 5. The normalized spacial score (nSPS) is 21.4. The van der Waals surface area contributed by atoms with Crippen molar-refractivity contribution in [2.24, 2.45) is 0 Å². The first-order valence-electron chi connectivity index (χ1n) is 12.4. The highest BCUT2D eigenvalue weighted by atomic mass is 32.2. The maximum Gasteiger partial charge on any atom is 0.315 e. The van der Waals surface area contributed by atoms with E-state index in [1.807, 2.05) is 28.6 Å². The fourth-order valence-corrected chi connectivity index (χ4v) is 6.46. The number of aryl methyl sites for hydroxylation is 2. The quantitative estimate of drug-likeness (QED) is 0.294. The second kappa shape index (κ2) is 11.1. The molecule has 2 saturated heterocycles. The van der Waals surface area contributed by atoms with Gasteiger partial charge in [-0.2, -0.15) is 11.8 Å².